The molecule has 0 saturated carbocycles. The Balaban J connectivity index is 2.00. The highest BCUT2D eigenvalue weighted by atomic mass is 32.2. The molecule has 1 unspecified atom stereocenters. The average molecular weight is 303 g/mol. The topological polar surface area (TPSA) is 106 Å². The summed E-state index contributed by atoms with van der Waals surface area (Å²) in [5, 5.41) is 8.33. The zero-order valence-corrected chi connectivity index (χ0v) is 11.9. The number of carboxylic acids is 1. The lowest BCUT2D eigenvalue weighted by Gasteiger charge is -2.22. The van der Waals surface area contributed by atoms with Crippen molar-refractivity contribution in [3.8, 4) is 0 Å². The van der Waals surface area contributed by atoms with Gasteiger partial charge in [0.2, 0.25) is 10.0 Å². The van der Waals surface area contributed by atoms with Crippen LogP contribution in [0.1, 0.15) is 34.7 Å². The summed E-state index contributed by atoms with van der Waals surface area (Å²) in [5.41, 5.74) is 0.0418. The summed E-state index contributed by atoms with van der Waals surface area (Å²) in [6.45, 7) is 2.24. The van der Waals surface area contributed by atoms with Gasteiger partial charge in [-0.3, -0.25) is 0 Å². The van der Waals surface area contributed by atoms with E-state index in [1.165, 1.54) is 13.0 Å². The fourth-order valence-corrected chi connectivity index (χ4v) is 3.42. The smallest absolute Gasteiger partial charge is 0.339 e. The molecule has 2 N–H and O–H groups in total. The summed E-state index contributed by atoms with van der Waals surface area (Å²) in [5.74, 6) is -0.561. The zero-order chi connectivity index (χ0) is 14.8. The van der Waals surface area contributed by atoms with E-state index in [4.69, 9.17) is 14.3 Å². The van der Waals surface area contributed by atoms with E-state index in [1.807, 2.05) is 0 Å². The van der Waals surface area contributed by atoms with Crippen LogP contribution in [-0.2, 0) is 21.3 Å². The van der Waals surface area contributed by atoms with Gasteiger partial charge in [0.05, 0.1) is 18.4 Å². The Morgan fingerprint density at radius 2 is 2.30 bits per heavy atom. The standard InChI is InChI=1S/C12H17NO6S/c1-8-11(12(14)15)5-9(19-8)6-13-20(16,17)10-3-2-4-18-7-10/h5,10,13H,2-4,6-7H2,1H3,(H,14,15). The van der Waals surface area contributed by atoms with E-state index in [-0.39, 0.29) is 30.2 Å². The van der Waals surface area contributed by atoms with Crippen LogP contribution in [0.5, 0.6) is 0 Å². The van der Waals surface area contributed by atoms with E-state index in [1.54, 1.807) is 0 Å². The number of nitrogens with one attached hydrogen (secondary N) is 1. The lowest BCUT2D eigenvalue weighted by Crippen LogP contribution is -2.39. The van der Waals surface area contributed by atoms with Gasteiger partial charge in [-0.15, -0.1) is 0 Å². The molecule has 2 heterocycles. The third kappa shape index (κ3) is 3.38. The molecule has 0 radical (unpaired) electrons. The van der Waals surface area contributed by atoms with Crippen molar-refractivity contribution < 1.29 is 27.5 Å². The first-order chi connectivity index (χ1) is 9.40. The molecule has 112 valence electrons. The lowest BCUT2D eigenvalue weighted by molar-refractivity contribution is 0.0695. The van der Waals surface area contributed by atoms with E-state index in [2.05, 4.69) is 4.72 Å². The SMILES string of the molecule is Cc1oc(CNS(=O)(=O)C2CCCOC2)cc1C(=O)O. The predicted molar refractivity (Wildman–Crippen MR) is 70.0 cm³/mol. The molecule has 2 rings (SSSR count). The van der Waals surface area contributed by atoms with Crippen molar-refractivity contribution in [2.24, 2.45) is 0 Å². The van der Waals surface area contributed by atoms with Crippen molar-refractivity contribution in [1.82, 2.24) is 4.72 Å². The second-order valence-corrected chi connectivity index (χ2v) is 6.74. The van der Waals surface area contributed by atoms with E-state index < -0.39 is 21.2 Å². The monoisotopic (exact) mass is 303 g/mol. The highest BCUT2D eigenvalue weighted by Gasteiger charge is 2.28. The first-order valence-corrected chi connectivity index (χ1v) is 7.83. The number of hydrogen-bond acceptors (Lipinski definition) is 5. The maximum absolute atomic E-state index is 12.0. The van der Waals surface area contributed by atoms with Gasteiger partial charge in [0, 0.05) is 6.61 Å². The summed E-state index contributed by atoms with van der Waals surface area (Å²) in [6, 6.07) is 1.33. The number of aromatic carboxylic acids is 1. The largest absolute Gasteiger partial charge is 0.478 e. The minimum absolute atomic E-state index is 0.0418. The molecule has 1 aliphatic heterocycles. The van der Waals surface area contributed by atoms with Crippen LogP contribution in [0.2, 0.25) is 0 Å². The first kappa shape index (κ1) is 15.0. The molecule has 7 nitrogen and oxygen atoms in total. The Bertz CT molecular complexity index is 585. The Labute approximate surface area is 117 Å². The second-order valence-electron chi connectivity index (χ2n) is 4.69. The van der Waals surface area contributed by atoms with Crippen LogP contribution >= 0.6 is 0 Å². The number of rotatable bonds is 5. The molecule has 1 saturated heterocycles. The van der Waals surface area contributed by atoms with Gasteiger partial charge >= 0.3 is 5.97 Å². The van der Waals surface area contributed by atoms with Crippen molar-refractivity contribution >= 4 is 16.0 Å². The number of carboxylic acid groups (broad SMARTS) is 1. The van der Waals surface area contributed by atoms with E-state index in [0.29, 0.717) is 19.4 Å². The third-order valence-electron chi connectivity index (χ3n) is 3.20. The highest BCUT2D eigenvalue weighted by molar-refractivity contribution is 7.90. The van der Waals surface area contributed by atoms with E-state index >= 15 is 0 Å². The van der Waals surface area contributed by atoms with Crippen molar-refractivity contribution in [2.75, 3.05) is 13.2 Å². The predicted octanol–water partition coefficient (Wildman–Crippen LogP) is 0.885. The maximum atomic E-state index is 12.0. The molecule has 0 amide bonds. The van der Waals surface area contributed by atoms with Crippen LogP contribution in [0.3, 0.4) is 0 Å². The summed E-state index contributed by atoms with van der Waals surface area (Å²) >= 11 is 0. The van der Waals surface area contributed by atoms with Crippen molar-refractivity contribution in [2.45, 2.75) is 31.6 Å². The summed E-state index contributed by atoms with van der Waals surface area (Å²) < 4.78 is 36.9. The molecule has 0 spiro atoms. The third-order valence-corrected chi connectivity index (χ3v) is 5.00. The number of carbonyl (C=O) groups is 1. The number of aryl methyl sites for hydroxylation is 1. The van der Waals surface area contributed by atoms with Crippen molar-refractivity contribution in [3.63, 3.8) is 0 Å². The van der Waals surface area contributed by atoms with Gasteiger partial charge in [0.1, 0.15) is 17.1 Å². The molecule has 0 bridgehead atoms. The van der Waals surface area contributed by atoms with Gasteiger partial charge in [0.25, 0.3) is 0 Å². The minimum Gasteiger partial charge on any atom is -0.478 e. The van der Waals surface area contributed by atoms with Gasteiger partial charge < -0.3 is 14.3 Å². The number of ether oxygens (including phenoxy) is 1. The zero-order valence-electron chi connectivity index (χ0n) is 11.1. The molecule has 1 aliphatic rings. The van der Waals surface area contributed by atoms with Gasteiger partial charge in [-0.2, -0.15) is 0 Å². The molecule has 0 aliphatic carbocycles. The number of furan rings is 1. The molecule has 20 heavy (non-hydrogen) atoms. The highest BCUT2D eigenvalue weighted by Crippen LogP contribution is 2.17. The van der Waals surface area contributed by atoms with Crippen molar-refractivity contribution in [3.05, 3.63) is 23.2 Å². The van der Waals surface area contributed by atoms with Gasteiger partial charge in [-0.1, -0.05) is 0 Å². The first-order valence-electron chi connectivity index (χ1n) is 6.29. The molecule has 8 heteroatoms. The Morgan fingerprint density at radius 3 is 2.85 bits per heavy atom. The van der Waals surface area contributed by atoms with E-state index in [9.17, 15) is 13.2 Å². The molecule has 1 fully saturated rings. The molecule has 0 aromatic carbocycles. The van der Waals surface area contributed by atoms with Crippen LogP contribution in [-0.4, -0.2) is 38.0 Å². The maximum Gasteiger partial charge on any atom is 0.339 e. The second kappa shape index (κ2) is 5.94. The lowest BCUT2D eigenvalue weighted by atomic mass is 10.2. The average Bonchev–Trinajstić information content (AvgIpc) is 2.79. The molecular weight excluding hydrogens is 286 g/mol. The fraction of sp³-hybridized carbons (Fsp3) is 0.583. The fourth-order valence-electron chi connectivity index (χ4n) is 2.09. The molecular formula is C12H17NO6S. The summed E-state index contributed by atoms with van der Waals surface area (Å²) in [7, 11) is -3.49. The van der Waals surface area contributed by atoms with Crippen LogP contribution in [0.15, 0.2) is 10.5 Å². The summed E-state index contributed by atoms with van der Waals surface area (Å²) in [4.78, 5) is 10.9. The number of hydrogen-bond donors (Lipinski definition) is 2. The van der Waals surface area contributed by atoms with Crippen LogP contribution < -0.4 is 4.72 Å². The normalized spacial score (nSPS) is 19.9. The van der Waals surface area contributed by atoms with Gasteiger partial charge in [-0.05, 0) is 25.8 Å². The molecule has 1 aromatic heterocycles. The quantitative estimate of drug-likeness (QED) is 0.836. The van der Waals surface area contributed by atoms with Crippen LogP contribution in [0.4, 0.5) is 0 Å². The summed E-state index contributed by atoms with van der Waals surface area (Å²) in [6.07, 6.45) is 1.28. The molecule has 1 atom stereocenters. The minimum atomic E-state index is -3.49. The number of sulfonamides is 1. The van der Waals surface area contributed by atoms with Crippen LogP contribution in [0.25, 0.3) is 0 Å². The Morgan fingerprint density at radius 1 is 1.55 bits per heavy atom. The van der Waals surface area contributed by atoms with Gasteiger partial charge in [-0.25, -0.2) is 17.9 Å². The van der Waals surface area contributed by atoms with E-state index in [0.717, 1.165) is 0 Å². The van der Waals surface area contributed by atoms with Gasteiger partial charge in [0.15, 0.2) is 0 Å². The Hall–Kier alpha value is -1.38. The van der Waals surface area contributed by atoms with Crippen molar-refractivity contribution in [1.29, 1.82) is 0 Å². The molecule has 1 aromatic rings. The Kier molecular flexibility index (Phi) is 4.46. The van der Waals surface area contributed by atoms with Crippen LogP contribution in [0, 0.1) is 6.92 Å².